The minimum absolute atomic E-state index is 0.00631. The van der Waals surface area contributed by atoms with Crippen LogP contribution in [-0.4, -0.2) is 29.9 Å². The first-order chi connectivity index (χ1) is 12.7. The highest BCUT2D eigenvalue weighted by atomic mass is 19.4. The molecule has 0 atom stereocenters. The van der Waals surface area contributed by atoms with E-state index in [1.807, 2.05) is 0 Å². The Kier molecular flexibility index (Phi) is 6.49. The Labute approximate surface area is 152 Å². The van der Waals surface area contributed by atoms with Crippen molar-refractivity contribution in [2.45, 2.75) is 19.5 Å². The van der Waals surface area contributed by atoms with Gasteiger partial charge in [-0.05, 0) is 36.8 Å². The summed E-state index contributed by atoms with van der Waals surface area (Å²) in [5.41, 5.74) is -0.573. The molecule has 1 aromatic heterocycles. The van der Waals surface area contributed by atoms with Gasteiger partial charge in [-0.1, -0.05) is 12.1 Å². The van der Waals surface area contributed by atoms with Crippen LogP contribution >= 0.6 is 0 Å². The maximum atomic E-state index is 13.1. The lowest BCUT2D eigenvalue weighted by atomic mass is 10.1. The van der Waals surface area contributed by atoms with E-state index in [9.17, 15) is 27.2 Å². The molecule has 0 saturated heterocycles. The molecule has 0 bridgehead atoms. The van der Waals surface area contributed by atoms with Crippen molar-refractivity contribution in [1.82, 2.24) is 15.6 Å². The summed E-state index contributed by atoms with van der Waals surface area (Å²) in [5, 5.41) is 5.05. The van der Waals surface area contributed by atoms with E-state index in [-0.39, 0.29) is 36.7 Å². The van der Waals surface area contributed by atoms with Gasteiger partial charge >= 0.3 is 6.18 Å². The van der Waals surface area contributed by atoms with E-state index in [2.05, 4.69) is 15.6 Å². The van der Waals surface area contributed by atoms with Crippen LogP contribution in [0.4, 0.5) is 17.6 Å². The Morgan fingerprint density at radius 3 is 2.41 bits per heavy atom. The molecule has 0 spiro atoms. The van der Waals surface area contributed by atoms with Crippen molar-refractivity contribution in [2.24, 2.45) is 0 Å². The molecule has 0 radical (unpaired) electrons. The van der Waals surface area contributed by atoms with Crippen molar-refractivity contribution >= 4 is 11.8 Å². The summed E-state index contributed by atoms with van der Waals surface area (Å²) in [5.74, 6) is -1.37. The Balaban J connectivity index is 1.80. The van der Waals surface area contributed by atoms with Crippen molar-refractivity contribution in [3.63, 3.8) is 0 Å². The van der Waals surface area contributed by atoms with Gasteiger partial charge in [0.15, 0.2) is 0 Å². The molecule has 2 N–H and O–H groups in total. The van der Waals surface area contributed by atoms with Crippen LogP contribution in [-0.2, 0) is 17.4 Å². The van der Waals surface area contributed by atoms with Gasteiger partial charge in [0, 0.05) is 13.1 Å². The van der Waals surface area contributed by atoms with Crippen LogP contribution in [0.5, 0.6) is 0 Å². The molecular formula is C18H17F4N3O2. The number of carbonyl (C=O) groups is 2. The number of benzene rings is 1. The Bertz CT molecular complexity index is 838. The Morgan fingerprint density at radius 1 is 1.07 bits per heavy atom. The van der Waals surface area contributed by atoms with Crippen molar-refractivity contribution in [2.75, 3.05) is 13.1 Å². The number of pyridine rings is 1. The highest BCUT2D eigenvalue weighted by Crippen LogP contribution is 2.28. The molecule has 1 heterocycles. The number of carbonyl (C=O) groups excluding carboxylic acids is 2. The molecule has 144 valence electrons. The predicted molar refractivity (Wildman–Crippen MR) is 89.4 cm³/mol. The van der Waals surface area contributed by atoms with Gasteiger partial charge in [0.2, 0.25) is 5.91 Å². The molecule has 5 nitrogen and oxygen atoms in total. The topological polar surface area (TPSA) is 71.1 Å². The van der Waals surface area contributed by atoms with Crippen LogP contribution in [0, 0.1) is 12.7 Å². The molecule has 0 aliphatic rings. The average molecular weight is 383 g/mol. The summed E-state index contributed by atoms with van der Waals surface area (Å²) in [6.45, 7) is 1.51. The lowest BCUT2D eigenvalue weighted by molar-refractivity contribution is -0.141. The lowest BCUT2D eigenvalue weighted by Gasteiger charge is -2.11. The quantitative estimate of drug-likeness (QED) is 0.595. The van der Waals surface area contributed by atoms with Crippen molar-refractivity contribution in [1.29, 1.82) is 0 Å². The van der Waals surface area contributed by atoms with Crippen molar-refractivity contribution in [3.05, 3.63) is 64.7 Å². The number of nitrogens with zero attached hydrogens (tertiary/aromatic N) is 1. The van der Waals surface area contributed by atoms with Gasteiger partial charge in [0.05, 0.1) is 17.7 Å². The zero-order valence-corrected chi connectivity index (χ0v) is 14.4. The SMILES string of the molecule is Cc1nc(C(F)(F)F)ccc1C(=O)NCCNC(=O)Cc1cccc(F)c1. The monoisotopic (exact) mass is 383 g/mol. The smallest absolute Gasteiger partial charge is 0.354 e. The number of amides is 2. The molecule has 9 heteroatoms. The van der Waals surface area contributed by atoms with Crippen LogP contribution in [0.2, 0.25) is 0 Å². The molecule has 0 fully saturated rings. The fraction of sp³-hybridized carbons (Fsp3) is 0.278. The van der Waals surface area contributed by atoms with Gasteiger partial charge < -0.3 is 10.6 Å². The molecule has 2 rings (SSSR count). The number of aryl methyl sites for hydroxylation is 1. The van der Waals surface area contributed by atoms with Crippen LogP contribution in [0.25, 0.3) is 0 Å². The van der Waals surface area contributed by atoms with Crippen LogP contribution in [0.1, 0.15) is 27.3 Å². The zero-order chi connectivity index (χ0) is 20.0. The number of hydrogen-bond acceptors (Lipinski definition) is 3. The fourth-order valence-corrected chi connectivity index (χ4v) is 2.33. The number of nitrogens with one attached hydrogen (secondary N) is 2. The highest BCUT2D eigenvalue weighted by molar-refractivity contribution is 5.95. The van der Waals surface area contributed by atoms with Gasteiger partial charge in [-0.2, -0.15) is 13.2 Å². The third kappa shape index (κ3) is 6.05. The first-order valence-electron chi connectivity index (χ1n) is 8.01. The summed E-state index contributed by atoms with van der Waals surface area (Å²) in [6, 6.07) is 7.44. The molecule has 0 aliphatic carbocycles. The van der Waals surface area contributed by atoms with E-state index in [1.165, 1.54) is 25.1 Å². The predicted octanol–water partition coefficient (Wildman–Crippen LogP) is 2.64. The van der Waals surface area contributed by atoms with E-state index in [0.29, 0.717) is 5.56 Å². The standard InChI is InChI=1S/C18H17F4N3O2/c1-11-14(5-6-15(25-11)18(20,21)22)17(27)24-8-7-23-16(26)10-12-3-2-4-13(19)9-12/h2-6,9H,7-8,10H2,1H3,(H,23,26)(H,24,27). The van der Waals surface area contributed by atoms with Gasteiger partial charge in [0.25, 0.3) is 5.91 Å². The Morgan fingerprint density at radius 2 is 1.78 bits per heavy atom. The minimum Gasteiger partial charge on any atom is -0.354 e. The first kappa shape index (κ1) is 20.3. The fourth-order valence-electron chi connectivity index (χ4n) is 2.33. The second-order valence-electron chi connectivity index (χ2n) is 5.74. The molecule has 0 saturated carbocycles. The lowest BCUT2D eigenvalue weighted by Crippen LogP contribution is -2.35. The van der Waals surface area contributed by atoms with Gasteiger partial charge in [0.1, 0.15) is 11.5 Å². The zero-order valence-electron chi connectivity index (χ0n) is 14.4. The minimum atomic E-state index is -4.58. The summed E-state index contributed by atoms with van der Waals surface area (Å²) in [6.07, 6.45) is -4.58. The molecule has 2 aromatic rings. The number of halogens is 4. The van der Waals surface area contributed by atoms with E-state index in [4.69, 9.17) is 0 Å². The van der Waals surface area contributed by atoms with Crippen LogP contribution < -0.4 is 10.6 Å². The molecule has 0 unspecified atom stereocenters. The number of alkyl halides is 3. The van der Waals surface area contributed by atoms with Crippen molar-refractivity contribution < 1.29 is 27.2 Å². The summed E-state index contributed by atoms with van der Waals surface area (Å²) >= 11 is 0. The van der Waals surface area contributed by atoms with Crippen LogP contribution in [0.3, 0.4) is 0 Å². The van der Waals surface area contributed by atoms with Gasteiger partial charge in [-0.3, -0.25) is 9.59 Å². The second-order valence-corrected chi connectivity index (χ2v) is 5.74. The second kappa shape index (κ2) is 8.61. The molecular weight excluding hydrogens is 366 g/mol. The maximum Gasteiger partial charge on any atom is 0.433 e. The van der Waals surface area contributed by atoms with E-state index >= 15 is 0 Å². The van der Waals surface area contributed by atoms with Crippen molar-refractivity contribution in [3.8, 4) is 0 Å². The van der Waals surface area contributed by atoms with Gasteiger partial charge in [-0.15, -0.1) is 0 Å². The average Bonchev–Trinajstić information content (AvgIpc) is 2.57. The summed E-state index contributed by atoms with van der Waals surface area (Å²) < 4.78 is 50.8. The third-order valence-electron chi connectivity index (χ3n) is 3.61. The number of rotatable bonds is 6. The van der Waals surface area contributed by atoms with Crippen LogP contribution in [0.15, 0.2) is 36.4 Å². The number of hydrogen-bond donors (Lipinski definition) is 2. The molecule has 1 aromatic carbocycles. The largest absolute Gasteiger partial charge is 0.433 e. The first-order valence-corrected chi connectivity index (χ1v) is 8.01. The Hall–Kier alpha value is -2.97. The van der Waals surface area contributed by atoms with Gasteiger partial charge in [-0.25, -0.2) is 9.37 Å². The van der Waals surface area contributed by atoms with E-state index in [1.54, 1.807) is 6.07 Å². The maximum absolute atomic E-state index is 13.1. The summed E-state index contributed by atoms with van der Waals surface area (Å²) in [7, 11) is 0. The molecule has 2 amide bonds. The van der Waals surface area contributed by atoms with E-state index in [0.717, 1.165) is 12.1 Å². The molecule has 0 aliphatic heterocycles. The van der Waals surface area contributed by atoms with E-state index < -0.39 is 23.6 Å². The molecule has 27 heavy (non-hydrogen) atoms. The summed E-state index contributed by atoms with van der Waals surface area (Å²) in [4.78, 5) is 27.2. The normalized spacial score (nSPS) is 11.1. The number of aromatic nitrogens is 1. The highest BCUT2D eigenvalue weighted by Gasteiger charge is 2.33. The third-order valence-corrected chi connectivity index (χ3v) is 3.61.